The van der Waals surface area contributed by atoms with Gasteiger partial charge < -0.3 is 4.74 Å². The Morgan fingerprint density at radius 1 is 1.29 bits per heavy atom. The highest BCUT2D eigenvalue weighted by molar-refractivity contribution is 5.89. The van der Waals surface area contributed by atoms with Gasteiger partial charge in [0, 0.05) is 6.42 Å². The summed E-state index contributed by atoms with van der Waals surface area (Å²) >= 11 is 0. The highest BCUT2D eigenvalue weighted by atomic mass is 16.5. The van der Waals surface area contributed by atoms with E-state index in [4.69, 9.17) is 4.74 Å². The molecule has 0 N–H and O–H groups in total. The average molecular weight is 232 g/mol. The van der Waals surface area contributed by atoms with E-state index in [1.807, 2.05) is 32.0 Å². The summed E-state index contributed by atoms with van der Waals surface area (Å²) in [6, 6.07) is 9.10. The van der Waals surface area contributed by atoms with Crippen molar-refractivity contribution in [2.24, 2.45) is 0 Å². The fraction of sp³-hybridized carbons (Fsp3) is 0.400. The standard InChI is InChI=1S/C13H14O2.C2H6/c1-10-7-8-12(9-10)15-13(14)11-5-3-2-4-6-11;1-2/h2-6,12H,1,7-9H2;1-2H3/t12-;/m0./s1. The third kappa shape index (κ3) is 4.06. The molecule has 0 bridgehead atoms. The number of hydrogen-bond acceptors (Lipinski definition) is 2. The van der Waals surface area contributed by atoms with Gasteiger partial charge >= 0.3 is 5.97 Å². The van der Waals surface area contributed by atoms with Gasteiger partial charge in [-0.15, -0.1) is 0 Å². The molecule has 0 aromatic heterocycles. The molecule has 92 valence electrons. The van der Waals surface area contributed by atoms with Gasteiger partial charge in [0.2, 0.25) is 0 Å². The summed E-state index contributed by atoms with van der Waals surface area (Å²) in [5, 5.41) is 0. The highest BCUT2D eigenvalue weighted by Gasteiger charge is 2.22. The van der Waals surface area contributed by atoms with Crippen molar-refractivity contribution in [2.75, 3.05) is 0 Å². The number of hydrogen-bond donors (Lipinski definition) is 0. The molecule has 0 spiro atoms. The molecule has 0 unspecified atom stereocenters. The number of ether oxygens (including phenoxy) is 1. The molecule has 2 rings (SSSR count). The predicted molar refractivity (Wildman–Crippen MR) is 70.0 cm³/mol. The summed E-state index contributed by atoms with van der Waals surface area (Å²) in [4.78, 5) is 11.7. The smallest absolute Gasteiger partial charge is 0.338 e. The van der Waals surface area contributed by atoms with E-state index < -0.39 is 0 Å². The summed E-state index contributed by atoms with van der Waals surface area (Å²) in [5.41, 5.74) is 1.80. The summed E-state index contributed by atoms with van der Waals surface area (Å²) in [6.45, 7) is 7.89. The first-order valence-corrected chi connectivity index (χ1v) is 6.18. The molecule has 2 heteroatoms. The molecule has 0 radical (unpaired) electrons. The first kappa shape index (κ1) is 13.5. The van der Waals surface area contributed by atoms with E-state index >= 15 is 0 Å². The van der Waals surface area contributed by atoms with Crippen LogP contribution >= 0.6 is 0 Å². The first-order valence-electron chi connectivity index (χ1n) is 6.18. The molecule has 1 aliphatic rings. The summed E-state index contributed by atoms with van der Waals surface area (Å²) < 4.78 is 5.37. The van der Waals surface area contributed by atoms with Crippen LogP contribution in [0.5, 0.6) is 0 Å². The molecule has 1 saturated carbocycles. The van der Waals surface area contributed by atoms with Crippen LogP contribution in [0.4, 0.5) is 0 Å². The largest absolute Gasteiger partial charge is 0.458 e. The Hall–Kier alpha value is -1.57. The number of rotatable bonds is 2. The lowest BCUT2D eigenvalue weighted by Gasteiger charge is -2.10. The van der Waals surface area contributed by atoms with Crippen molar-refractivity contribution < 1.29 is 9.53 Å². The van der Waals surface area contributed by atoms with Crippen LogP contribution in [0, 0.1) is 0 Å². The molecule has 1 aromatic carbocycles. The molecule has 17 heavy (non-hydrogen) atoms. The fourth-order valence-corrected chi connectivity index (χ4v) is 1.79. The van der Waals surface area contributed by atoms with E-state index in [2.05, 4.69) is 6.58 Å². The molecule has 1 aliphatic carbocycles. The Balaban J connectivity index is 0.000000686. The first-order chi connectivity index (χ1) is 8.25. The van der Waals surface area contributed by atoms with Gasteiger partial charge in [0.1, 0.15) is 6.10 Å². The zero-order valence-corrected chi connectivity index (χ0v) is 10.6. The lowest BCUT2D eigenvalue weighted by atomic mass is 10.2. The minimum absolute atomic E-state index is 0.0326. The van der Waals surface area contributed by atoms with Gasteiger partial charge in [-0.2, -0.15) is 0 Å². The van der Waals surface area contributed by atoms with E-state index in [-0.39, 0.29) is 12.1 Å². The van der Waals surface area contributed by atoms with Crippen LogP contribution in [-0.4, -0.2) is 12.1 Å². The third-order valence-corrected chi connectivity index (χ3v) is 2.62. The quantitative estimate of drug-likeness (QED) is 0.569. The Kier molecular flexibility index (Phi) is 5.47. The molecule has 0 aliphatic heterocycles. The van der Waals surface area contributed by atoms with Crippen LogP contribution in [0.15, 0.2) is 42.5 Å². The fourth-order valence-electron chi connectivity index (χ4n) is 1.79. The van der Waals surface area contributed by atoms with E-state index in [1.165, 1.54) is 5.57 Å². The number of esters is 1. The zero-order valence-electron chi connectivity index (χ0n) is 10.6. The Labute approximate surface area is 103 Å². The monoisotopic (exact) mass is 232 g/mol. The SMILES string of the molecule is C=C1CC[C@H](OC(=O)c2ccccc2)C1.CC. The lowest BCUT2D eigenvalue weighted by molar-refractivity contribution is 0.0324. The maximum absolute atomic E-state index is 11.7. The molecule has 0 saturated heterocycles. The number of carbonyl (C=O) groups excluding carboxylic acids is 1. The van der Waals surface area contributed by atoms with Crippen LogP contribution < -0.4 is 0 Å². The van der Waals surface area contributed by atoms with Crippen LogP contribution in [-0.2, 0) is 4.74 Å². The number of benzene rings is 1. The summed E-state index contributed by atoms with van der Waals surface area (Å²) in [5.74, 6) is -0.227. The van der Waals surface area contributed by atoms with Gasteiger partial charge in [-0.1, -0.05) is 44.2 Å². The Morgan fingerprint density at radius 2 is 1.94 bits per heavy atom. The Morgan fingerprint density at radius 3 is 2.47 bits per heavy atom. The van der Waals surface area contributed by atoms with Crippen LogP contribution in [0.25, 0.3) is 0 Å². The molecular weight excluding hydrogens is 212 g/mol. The van der Waals surface area contributed by atoms with Crippen molar-refractivity contribution in [3.05, 3.63) is 48.0 Å². The molecule has 1 fully saturated rings. The van der Waals surface area contributed by atoms with Crippen molar-refractivity contribution in [2.45, 2.75) is 39.2 Å². The molecule has 1 aromatic rings. The molecule has 2 nitrogen and oxygen atoms in total. The zero-order chi connectivity index (χ0) is 12.7. The third-order valence-electron chi connectivity index (χ3n) is 2.62. The van der Waals surface area contributed by atoms with Gasteiger partial charge in [-0.25, -0.2) is 4.79 Å². The second kappa shape index (κ2) is 6.89. The van der Waals surface area contributed by atoms with E-state index in [0.717, 1.165) is 19.3 Å². The highest BCUT2D eigenvalue weighted by Crippen LogP contribution is 2.26. The van der Waals surface area contributed by atoms with E-state index in [0.29, 0.717) is 5.56 Å². The van der Waals surface area contributed by atoms with Gasteiger partial charge in [0.05, 0.1) is 5.56 Å². The van der Waals surface area contributed by atoms with Crippen molar-refractivity contribution >= 4 is 5.97 Å². The minimum atomic E-state index is -0.227. The average Bonchev–Trinajstić information content (AvgIpc) is 2.78. The van der Waals surface area contributed by atoms with Crippen molar-refractivity contribution in [3.63, 3.8) is 0 Å². The Bertz CT molecular complexity index is 368. The predicted octanol–water partition coefficient (Wildman–Crippen LogP) is 3.98. The van der Waals surface area contributed by atoms with Crippen molar-refractivity contribution in [3.8, 4) is 0 Å². The van der Waals surface area contributed by atoms with E-state index in [9.17, 15) is 4.79 Å². The lowest BCUT2D eigenvalue weighted by Crippen LogP contribution is -2.14. The maximum Gasteiger partial charge on any atom is 0.338 e. The van der Waals surface area contributed by atoms with Crippen LogP contribution in [0.3, 0.4) is 0 Å². The van der Waals surface area contributed by atoms with Crippen molar-refractivity contribution in [1.82, 2.24) is 0 Å². The van der Waals surface area contributed by atoms with E-state index in [1.54, 1.807) is 12.1 Å². The van der Waals surface area contributed by atoms with Crippen molar-refractivity contribution in [1.29, 1.82) is 0 Å². The second-order valence-electron chi connectivity index (χ2n) is 3.89. The second-order valence-corrected chi connectivity index (χ2v) is 3.89. The number of carbonyl (C=O) groups is 1. The maximum atomic E-state index is 11.7. The van der Waals surface area contributed by atoms with Crippen LogP contribution in [0.2, 0.25) is 0 Å². The van der Waals surface area contributed by atoms with Gasteiger partial charge in [0.25, 0.3) is 0 Å². The van der Waals surface area contributed by atoms with Gasteiger partial charge in [0.15, 0.2) is 0 Å². The molecule has 1 atom stereocenters. The van der Waals surface area contributed by atoms with Crippen LogP contribution in [0.1, 0.15) is 43.5 Å². The minimum Gasteiger partial charge on any atom is -0.458 e. The summed E-state index contributed by atoms with van der Waals surface area (Å²) in [6.07, 6.45) is 2.74. The molecule has 0 amide bonds. The molecular formula is C15H20O2. The summed E-state index contributed by atoms with van der Waals surface area (Å²) in [7, 11) is 0. The topological polar surface area (TPSA) is 26.3 Å². The molecule has 0 heterocycles. The van der Waals surface area contributed by atoms with Gasteiger partial charge in [-0.3, -0.25) is 0 Å². The van der Waals surface area contributed by atoms with Gasteiger partial charge in [-0.05, 0) is 25.0 Å². The normalized spacial score (nSPS) is 18.2.